The van der Waals surface area contributed by atoms with E-state index in [1.165, 1.54) is 6.92 Å². The van der Waals surface area contributed by atoms with Gasteiger partial charge in [-0.15, -0.1) is 0 Å². The molecule has 6 rings (SSSR count). The molecular weight excluding hydrogens is 578 g/mol. The molecule has 0 radical (unpaired) electrons. The largest absolute Gasteiger partial charge is 0.457 e. The number of hydrogen-bond donors (Lipinski definition) is 4. The van der Waals surface area contributed by atoms with Crippen LogP contribution in [0.2, 0.25) is 0 Å². The van der Waals surface area contributed by atoms with Crippen molar-refractivity contribution in [2.75, 3.05) is 13.2 Å². The zero-order valence-electron chi connectivity index (χ0n) is 28.3. The van der Waals surface area contributed by atoms with E-state index in [1.54, 1.807) is 13.8 Å². The van der Waals surface area contributed by atoms with Gasteiger partial charge in [0, 0.05) is 6.92 Å². The van der Waals surface area contributed by atoms with E-state index in [4.69, 9.17) is 24.7 Å². The highest BCUT2D eigenvalue weighted by Crippen LogP contribution is 2.87. The highest BCUT2D eigenvalue weighted by Gasteiger charge is 2.85. The van der Waals surface area contributed by atoms with E-state index >= 15 is 0 Å². The van der Waals surface area contributed by atoms with Crippen molar-refractivity contribution >= 4 is 12.3 Å². The van der Waals surface area contributed by atoms with Crippen molar-refractivity contribution in [3.63, 3.8) is 0 Å². The Hall–Kier alpha value is -1.14. The molecule has 14 atom stereocenters. The molecule has 0 amide bonds. The molecule has 0 bridgehead atoms. The van der Waals surface area contributed by atoms with Crippen LogP contribution in [0.15, 0.2) is 0 Å². The maximum atomic E-state index is 12.4. The molecule has 0 aromatic heterocycles. The molecule has 256 valence electrons. The van der Waals surface area contributed by atoms with Gasteiger partial charge in [-0.05, 0) is 111 Å². The second-order valence-corrected chi connectivity index (χ2v) is 17.1. The summed E-state index contributed by atoms with van der Waals surface area (Å²) >= 11 is 0. The number of rotatable bonds is 9. The van der Waals surface area contributed by atoms with E-state index in [-0.39, 0.29) is 58.7 Å². The van der Waals surface area contributed by atoms with E-state index in [9.17, 15) is 24.9 Å². The highest BCUT2D eigenvalue weighted by atomic mass is 16.7. The van der Waals surface area contributed by atoms with Crippen LogP contribution in [0, 0.1) is 45.3 Å². The lowest BCUT2D eigenvalue weighted by molar-refractivity contribution is -0.236. The second kappa shape index (κ2) is 10.9. The summed E-state index contributed by atoms with van der Waals surface area (Å²) in [5.74, 6) is 0.313. The average Bonchev–Trinajstić information content (AvgIpc) is 3.59. The predicted molar refractivity (Wildman–Crippen MR) is 165 cm³/mol. The Morgan fingerprint density at radius 3 is 2.40 bits per heavy atom. The number of carbonyl (C=O) groups excluding carboxylic acids is 2. The molecule has 10 heteroatoms. The maximum absolute atomic E-state index is 12.4. The minimum absolute atomic E-state index is 0.0562. The number of aliphatic hydroxyl groups is 3. The number of fused-ring (bicyclic) bond motifs is 4. The number of nitrogens with two attached hydrogens (primary N) is 1. The van der Waals surface area contributed by atoms with Crippen LogP contribution in [0.4, 0.5) is 0 Å². The van der Waals surface area contributed by atoms with Crippen molar-refractivity contribution in [3.05, 3.63) is 0 Å². The fraction of sp³-hybridized carbons (Fsp3) is 0.943. The van der Waals surface area contributed by atoms with Gasteiger partial charge in [-0.3, -0.25) is 4.79 Å². The molecule has 5 N–H and O–H groups in total. The molecule has 2 spiro atoms. The van der Waals surface area contributed by atoms with Gasteiger partial charge in [0.2, 0.25) is 0 Å². The van der Waals surface area contributed by atoms with E-state index in [0.29, 0.717) is 18.6 Å². The number of aliphatic hydroxyl groups excluding tert-OH is 2. The van der Waals surface area contributed by atoms with Crippen molar-refractivity contribution in [1.29, 1.82) is 0 Å². The number of esters is 1. The van der Waals surface area contributed by atoms with Crippen molar-refractivity contribution in [2.45, 2.75) is 148 Å². The van der Waals surface area contributed by atoms with Crippen LogP contribution in [-0.2, 0) is 28.5 Å². The molecule has 10 nitrogen and oxygen atoms in total. The summed E-state index contributed by atoms with van der Waals surface area (Å²) in [4.78, 5) is 22.9. The van der Waals surface area contributed by atoms with Crippen LogP contribution < -0.4 is 5.73 Å². The van der Waals surface area contributed by atoms with Gasteiger partial charge in [-0.25, -0.2) is 0 Å². The lowest BCUT2D eigenvalue weighted by Gasteiger charge is -2.63. The zero-order chi connectivity index (χ0) is 33.0. The number of carbonyl (C=O) groups is 2. The average molecular weight is 636 g/mol. The Bertz CT molecular complexity index is 1170. The van der Waals surface area contributed by atoms with Crippen molar-refractivity contribution in [2.24, 2.45) is 51.1 Å². The Labute approximate surface area is 268 Å². The van der Waals surface area contributed by atoms with E-state index < -0.39 is 47.8 Å². The van der Waals surface area contributed by atoms with Gasteiger partial charge in [0.25, 0.3) is 0 Å². The van der Waals surface area contributed by atoms with Crippen LogP contribution in [0.3, 0.4) is 0 Å². The van der Waals surface area contributed by atoms with Gasteiger partial charge in [0.1, 0.15) is 12.9 Å². The van der Waals surface area contributed by atoms with Crippen LogP contribution in [0.5, 0.6) is 0 Å². The van der Waals surface area contributed by atoms with E-state index in [2.05, 4.69) is 27.7 Å². The SMILES string of the molecule is CC(=O)O[C@@H]([C@H]1C[C@@H](C)C2[C@H](O1)[C@H](O)[C@@]1(N)[C@@H]3CC[C@H]4C(C)(C)[C@@H](O[C@@H](CO)OCC=O)CC[C@@]45C[C@@]35CC[C@]21C)C(C)(C)O. The van der Waals surface area contributed by atoms with E-state index in [0.717, 1.165) is 44.9 Å². The predicted octanol–water partition coefficient (Wildman–Crippen LogP) is 3.11. The lowest BCUT2D eigenvalue weighted by atomic mass is 9.43. The Balaban J connectivity index is 1.27. The summed E-state index contributed by atoms with van der Waals surface area (Å²) < 4.78 is 24.1. The minimum atomic E-state index is -1.31. The van der Waals surface area contributed by atoms with Crippen molar-refractivity contribution < 1.29 is 43.9 Å². The summed E-state index contributed by atoms with van der Waals surface area (Å²) in [6.07, 6.45) is 4.49. The van der Waals surface area contributed by atoms with Gasteiger partial charge in [0.15, 0.2) is 12.4 Å². The van der Waals surface area contributed by atoms with Gasteiger partial charge in [-0.1, -0.05) is 27.7 Å². The third-order valence-corrected chi connectivity index (χ3v) is 14.4. The maximum Gasteiger partial charge on any atom is 0.303 e. The molecule has 45 heavy (non-hydrogen) atoms. The smallest absolute Gasteiger partial charge is 0.303 e. The standard InChI is InChI=1S/C35H57NO9/c1-19-16-21(29(31(5,6)41)43-20(2)39)44-27-26(19)32(7)12-13-34-18-33(34)11-10-24(45-25(17-38)42-15-14-37)30(3,4)22(33)8-9-23(34)35(32,36)28(27)40/h14,19,21-29,38,40-41H,8-13,15-18,36H2,1-7H3/t19-,21-,22+,23-,24+,25+,26?,27+,28+,29+,32-,33-,34+,35+/m1/s1. The Morgan fingerprint density at radius 1 is 1.11 bits per heavy atom. The van der Waals surface area contributed by atoms with Gasteiger partial charge < -0.3 is 44.8 Å². The molecule has 1 saturated heterocycles. The molecule has 0 aromatic carbocycles. The van der Waals surface area contributed by atoms with E-state index in [1.807, 2.05) is 0 Å². The molecule has 0 aromatic rings. The Morgan fingerprint density at radius 2 is 1.78 bits per heavy atom. The number of hydrogen-bond acceptors (Lipinski definition) is 10. The molecule has 1 unspecified atom stereocenters. The number of aldehydes is 1. The van der Waals surface area contributed by atoms with Gasteiger partial charge in [-0.2, -0.15) is 0 Å². The molecular formula is C35H57NO9. The highest BCUT2D eigenvalue weighted by molar-refractivity contribution is 5.66. The summed E-state index contributed by atoms with van der Waals surface area (Å²) in [6.45, 7) is 13.3. The summed E-state index contributed by atoms with van der Waals surface area (Å²) in [5, 5.41) is 33.2. The quantitative estimate of drug-likeness (QED) is 0.169. The molecule has 1 heterocycles. The topological polar surface area (TPSA) is 158 Å². The first-order valence-corrected chi connectivity index (χ1v) is 17.3. The molecule has 5 saturated carbocycles. The first-order valence-electron chi connectivity index (χ1n) is 17.3. The lowest BCUT2D eigenvalue weighted by Crippen LogP contribution is -2.70. The Kier molecular flexibility index (Phi) is 8.20. The second-order valence-electron chi connectivity index (χ2n) is 17.1. The summed E-state index contributed by atoms with van der Waals surface area (Å²) in [7, 11) is 0. The molecule has 5 aliphatic carbocycles. The normalized spacial score (nSPS) is 49.3. The zero-order valence-corrected chi connectivity index (χ0v) is 28.3. The van der Waals surface area contributed by atoms with Crippen molar-refractivity contribution in [1.82, 2.24) is 0 Å². The van der Waals surface area contributed by atoms with Gasteiger partial charge in [0.05, 0.1) is 42.2 Å². The third-order valence-electron chi connectivity index (χ3n) is 14.4. The van der Waals surface area contributed by atoms with Crippen LogP contribution in [0.1, 0.15) is 99.8 Å². The van der Waals surface area contributed by atoms with Crippen molar-refractivity contribution in [3.8, 4) is 0 Å². The molecule has 1 aliphatic heterocycles. The first-order chi connectivity index (χ1) is 20.9. The fourth-order valence-electron chi connectivity index (χ4n) is 12.7. The molecule has 6 fully saturated rings. The minimum Gasteiger partial charge on any atom is -0.457 e. The first kappa shape index (κ1) is 33.7. The van der Waals surface area contributed by atoms with Crippen LogP contribution in [0.25, 0.3) is 0 Å². The fourth-order valence-corrected chi connectivity index (χ4v) is 12.7. The summed E-state index contributed by atoms with van der Waals surface area (Å²) in [6, 6.07) is 0. The number of ether oxygens (including phenoxy) is 4. The third kappa shape index (κ3) is 4.59. The van der Waals surface area contributed by atoms with Crippen LogP contribution >= 0.6 is 0 Å². The van der Waals surface area contributed by atoms with Gasteiger partial charge >= 0.3 is 5.97 Å². The summed E-state index contributed by atoms with van der Waals surface area (Å²) in [5.41, 5.74) is 5.27. The van der Waals surface area contributed by atoms with Crippen LogP contribution in [-0.4, -0.2) is 88.7 Å². The monoisotopic (exact) mass is 635 g/mol. The molecule has 6 aliphatic rings.